The van der Waals surface area contributed by atoms with Crippen molar-refractivity contribution in [3.05, 3.63) is 262 Å². The maximum atomic E-state index is 18.7. The highest BCUT2D eigenvalue weighted by molar-refractivity contribution is 6.28. The molecular weight excluding hydrogens is 931 g/mol. The van der Waals surface area contributed by atoms with E-state index in [1.165, 1.54) is 0 Å². The van der Waals surface area contributed by atoms with Crippen LogP contribution in [-0.2, 0) is 0 Å². The zero-order valence-corrected chi connectivity index (χ0v) is 44.3. The number of hydrogen-bond donors (Lipinski definition) is 0. The van der Waals surface area contributed by atoms with Gasteiger partial charge in [-0.25, -0.2) is 8.78 Å². The van der Waals surface area contributed by atoms with E-state index < -0.39 is 0 Å². The molecule has 0 bridgehead atoms. The lowest BCUT2D eigenvalue weighted by Gasteiger charge is -2.31. The molecule has 0 aliphatic heterocycles. The van der Waals surface area contributed by atoms with Gasteiger partial charge in [-0.3, -0.25) is 0 Å². The first-order valence-corrected chi connectivity index (χ1v) is 26.2. The molecule has 12 aromatic carbocycles. The van der Waals surface area contributed by atoms with Gasteiger partial charge in [-0.15, -0.1) is 0 Å². The Balaban J connectivity index is 1.12. The van der Waals surface area contributed by atoms with Crippen LogP contribution >= 0.6 is 0 Å². The number of anilines is 6. The van der Waals surface area contributed by atoms with Gasteiger partial charge in [0, 0.05) is 33.3 Å². The lowest BCUT2D eigenvalue weighted by atomic mass is 9.85. The van der Waals surface area contributed by atoms with Crippen LogP contribution in [0.25, 0.3) is 76.8 Å². The monoisotopic (exact) mass is 988 g/mol. The normalized spacial score (nSPS) is 11.6. The molecule has 0 spiro atoms. The quantitative estimate of drug-likeness (QED) is 0.126. The second kappa shape index (κ2) is 19.1. The van der Waals surface area contributed by atoms with Crippen LogP contribution in [0, 0.1) is 67.0 Å². The second-order valence-electron chi connectivity index (χ2n) is 20.6. The third kappa shape index (κ3) is 7.82. The Labute approximate surface area is 445 Å². The lowest BCUT2D eigenvalue weighted by molar-refractivity contribution is 0.632. The van der Waals surface area contributed by atoms with Crippen molar-refractivity contribution in [2.45, 2.75) is 55.4 Å². The Morgan fingerprint density at radius 1 is 0.250 bits per heavy atom. The first kappa shape index (κ1) is 48.1. The van der Waals surface area contributed by atoms with Crippen LogP contribution in [0.15, 0.2) is 206 Å². The summed E-state index contributed by atoms with van der Waals surface area (Å²) in [7, 11) is 0. The van der Waals surface area contributed by atoms with Crippen molar-refractivity contribution in [1.82, 2.24) is 0 Å². The molecular formula is C72H58F2N2. The van der Waals surface area contributed by atoms with Crippen LogP contribution in [0.2, 0.25) is 0 Å². The van der Waals surface area contributed by atoms with E-state index in [0.29, 0.717) is 22.5 Å². The highest BCUT2D eigenvalue weighted by atomic mass is 19.1. The Morgan fingerprint density at radius 2 is 0.539 bits per heavy atom. The first-order valence-electron chi connectivity index (χ1n) is 26.2. The standard InChI is InChI=1S/C72H58F2N2/c1-43-19-15-20-44(2)63(43)57-37-41-61(71(73)69(57)65-47(5)23-17-24-48(65)6)75(53-27-11-9-12-28-53)59-39-33-51-32-36-56-60(40-34-52-31-35-55(59)67(51)68(52)56)76(54-29-13-10-14-30-54)62-42-38-58(64-45(3)21-16-22-46(64)4)70(72(62)74)66-49(7)25-18-26-50(66)8/h9-42H,1-8H3. The fraction of sp³-hybridized carbons (Fsp3) is 0.111. The summed E-state index contributed by atoms with van der Waals surface area (Å²) < 4.78 is 37.4. The molecule has 0 saturated carbocycles. The topological polar surface area (TPSA) is 6.48 Å². The molecule has 0 radical (unpaired) electrons. The Hall–Kier alpha value is -8.86. The van der Waals surface area contributed by atoms with Gasteiger partial charge in [-0.1, -0.05) is 158 Å². The van der Waals surface area contributed by atoms with Crippen LogP contribution in [0.1, 0.15) is 44.5 Å². The molecule has 0 unspecified atom stereocenters. The van der Waals surface area contributed by atoms with Gasteiger partial charge in [-0.05, 0) is 203 Å². The molecule has 4 heteroatoms. The molecule has 0 heterocycles. The highest BCUT2D eigenvalue weighted by Crippen LogP contribution is 2.52. The summed E-state index contributed by atoms with van der Waals surface area (Å²) >= 11 is 0. The average Bonchev–Trinajstić information content (AvgIpc) is 3.42. The zero-order valence-electron chi connectivity index (χ0n) is 44.3. The predicted molar refractivity (Wildman–Crippen MR) is 319 cm³/mol. The predicted octanol–water partition coefficient (Wildman–Crippen LogP) is 20.9. The number of benzene rings is 12. The van der Waals surface area contributed by atoms with Crippen LogP contribution in [0.5, 0.6) is 0 Å². The third-order valence-electron chi connectivity index (χ3n) is 15.8. The van der Waals surface area contributed by atoms with E-state index >= 15 is 8.78 Å². The van der Waals surface area contributed by atoms with Gasteiger partial charge in [0.05, 0.1) is 22.7 Å². The maximum Gasteiger partial charge on any atom is 0.155 e. The summed E-state index contributed by atoms with van der Waals surface area (Å²) in [5.41, 5.74) is 19.5. The number of hydrogen-bond acceptors (Lipinski definition) is 2. The minimum Gasteiger partial charge on any atom is -0.307 e. The Morgan fingerprint density at radius 3 is 0.868 bits per heavy atom. The minimum atomic E-state index is -0.293. The number of aryl methyl sites for hydroxylation is 8. The number of rotatable bonds is 10. The molecule has 2 nitrogen and oxygen atoms in total. The van der Waals surface area contributed by atoms with Crippen LogP contribution in [0.3, 0.4) is 0 Å². The van der Waals surface area contributed by atoms with Gasteiger partial charge in [0.1, 0.15) is 0 Å². The van der Waals surface area contributed by atoms with Crippen molar-refractivity contribution in [3.63, 3.8) is 0 Å². The third-order valence-corrected chi connectivity index (χ3v) is 15.8. The van der Waals surface area contributed by atoms with E-state index in [1.54, 1.807) is 0 Å². The molecule has 0 amide bonds. The molecule has 370 valence electrons. The van der Waals surface area contributed by atoms with Crippen molar-refractivity contribution in [2.75, 3.05) is 9.80 Å². The summed E-state index contributed by atoms with van der Waals surface area (Å²) in [5, 5.41) is 6.14. The van der Waals surface area contributed by atoms with Crippen LogP contribution in [-0.4, -0.2) is 0 Å². The fourth-order valence-corrected chi connectivity index (χ4v) is 12.4. The summed E-state index contributed by atoms with van der Waals surface area (Å²) in [6.07, 6.45) is 0. The Bertz CT molecular complexity index is 3880. The summed E-state index contributed by atoms with van der Waals surface area (Å²) in [6, 6.07) is 70.7. The highest BCUT2D eigenvalue weighted by Gasteiger charge is 2.30. The lowest BCUT2D eigenvalue weighted by Crippen LogP contribution is -2.14. The van der Waals surface area contributed by atoms with Crippen LogP contribution in [0.4, 0.5) is 42.9 Å². The van der Waals surface area contributed by atoms with Crippen molar-refractivity contribution in [2.24, 2.45) is 0 Å². The zero-order chi connectivity index (χ0) is 52.5. The van der Waals surface area contributed by atoms with E-state index in [1.807, 2.05) is 60.7 Å². The second-order valence-corrected chi connectivity index (χ2v) is 20.6. The van der Waals surface area contributed by atoms with Crippen molar-refractivity contribution in [3.8, 4) is 44.5 Å². The molecule has 12 aromatic rings. The van der Waals surface area contributed by atoms with E-state index in [0.717, 1.165) is 133 Å². The van der Waals surface area contributed by atoms with Gasteiger partial charge in [0.25, 0.3) is 0 Å². The van der Waals surface area contributed by atoms with E-state index in [9.17, 15) is 0 Å². The summed E-state index contributed by atoms with van der Waals surface area (Å²) in [4.78, 5) is 4.18. The summed E-state index contributed by atoms with van der Waals surface area (Å²) in [5.74, 6) is -0.586. The molecule has 0 atom stereocenters. The van der Waals surface area contributed by atoms with Gasteiger partial charge in [-0.2, -0.15) is 0 Å². The molecule has 0 aliphatic carbocycles. The largest absolute Gasteiger partial charge is 0.307 e. The number of halogens is 2. The molecule has 0 aromatic heterocycles. The first-order chi connectivity index (χ1) is 36.9. The molecule has 0 aliphatic rings. The van der Waals surface area contributed by atoms with Crippen molar-refractivity contribution in [1.29, 1.82) is 0 Å². The van der Waals surface area contributed by atoms with Crippen LogP contribution < -0.4 is 9.80 Å². The van der Waals surface area contributed by atoms with Gasteiger partial charge in [0.15, 0.2) is 11.6 Å². The van der Waals surface area contributed by atoms with Gasteiger partial charge < -0.3 is 9.80 Å². The van der Waals surface area contributed by atoms with E-state index in [4.69, 9.17) is 0 Å². The van der Waals surface area contributed by atoms with Gasteiger partial charge >= 0.3 is 0 Å². The van der Waals surface area contributed by atoms with E-state index in [-0.39, 0.29) is 11.6 Å². The van der Waals surface area contributed by atoms with Crippen molar-refractivity contribution >= 4 is 66.4 Å². The molecule has 0 fully saturated rings. The van der Waals surface area contributed by atoms with Crippen molar-refractivity contribution < 1.29 is 8.78 Å². The summed E-state index contributed by atoms with van der Waals surface area (Å²) in [6.45, 7) is 16.7. The SMILES string of the molecule is Cc1cccc(C)c1-c1ccc(N(c2ccccc2)c2ccc3ccc4c(N(c5ccccc5)c5ccc(-c6c(C)cccc6C)c(-c6c(C)cccc6C)c5F)ccc5ccc2c3c54)c(F)c1-c1c(C)cccc1C. The van der Waals surface area contributed by atoms with Gasteiger partial charge in [0.2, 0.25) is 0 Å². The molecule has 76 heavy (non-hydrogen) atoms. The smallest absolute Gasteiger partial charge is 0.155 e. The minimum absolute atomic E-state index is 0.293. The Kier molecular flexibility index (Phi) is 12.1. The molecule has 0 N–H and O–H groups in total. The maximum absolute atomic E-state index is 18.7. The fourth-order valence-electron chi connectivity index (χ4n) is 12.4. The molecule has 12 rings (SSSR count). The number of nitrogens with zero attached hydrogens (tertiary/aromatic N) is 2. The van der Waals surface area contributed by atoms with E-state index in [2.05, 4.69) is 211 Å². The molecule has 0 saturated heterocycles. The number of para-hydroxylation sites is 2. The average molecular weight is 989 g/mol.